The van der Waals surface area contributed by atoms with E-state index in [0.29, 0.717) is 17.9 Å². The molecule has 0 aromatic heterocycles. The molecule has 0 aliphatic heterocycles. The lowest BCUT2D eigenvalue weighted by Gasteiger charge is -2.12. The smallest absolute Gasteiger partial charge is 0.248 e. The summed E-state index contributed by atoms with van der Waals surface area (Å²) < 4.78 is 5.83. The van der Waals surface area contributed by atoms with Gasteiger partial charge in [-0.05, 0) is 36.8 Å². The van der Waals surface area contributed by atoms with Gasteiger partial charge in [0.15, 0.2) is 0 Å². The number of rotatable bonds is 4. The van der Waals surface area contributed by atoms with Crippen LogP contribution in [-0.4, -0.2) is 5.91 Å². The Kier molecular flexibility index (Phi) is 3.82. The molecule has 0 aliphatic rings. The molecule has 4 heteroatoms. The van der Waals surface area contributed by atoms with Gasteiger partial charge in [0.2, 0.25) is 5.91 Å². The van der Waals surface area contributed by atoms with Gasteiger partial charge in [-0.3, -0.25) is 4.79 Å². The van der Waals surface area contributed by atoms with Gasteiger partial charge in [-0.15, -0.1) is 0 Å². The summed E-state index contributed by atoms with van der Waals surface area (Å²) in [5.41, 5.74) is 13.3. The zero-order valence-electron chi connectivity index (χ0n) is 10.7. The minimum absolute atomic E-state index is 0.413. The normalized spacial score (nSPS) is 10.2. The lowest BCUT2D eigenvalue weighted by Crippen LogP contribution is -2.10. The van der Waals surface area contributed by atoms with Crippen LogP contribution in [0.2, 0.25) is 0 Å². The summed E-state index contributed by atoms with van der Waals surface area (Å²) in [4.78, 5) is 11.0. The van der Waals surface area contributed by atoms with Crippen LogP contribution in [0.1, 0.15) is 21.5 Å². The third-order valence-electron chi connectivity index (χ3n) is 2.87. The highest BCUT2D eigenvalue weighted by molar-refractivity contribution is 5.92. The molecule has 2 aromatic rings. The van der Waals surface area contributed by atoms with Crippen LogP contribution in [0.5, 0.6) is 11.5 Å². The van der Waals surface area contributed by atoms with E-state index in [-0.39, 0.29) is 0 Å². The summed E-state index contributed by atoms with van der Waals surface area (Å²) in [6.45, 7) is 2.38. The molecule has 2 aromatic carbocycles. The number of primary amides is 1. The van der Waals surface area contributed by atoms with E-state index in [9.17, 15) is 4.79 Å². The summed E-state index contributed by atoms with van der Waals surface area (Å²) >= 11 is 0. The lowest BCUT2D eigenvalue weighted by atomic mass is 10.1. The Morgan fingerprint density at radius 1 is 1.16 bits per heavy atom. The molecule has 2 rings (SSSR count). The lowest BCUT2D eigenvalue weighted by molar-refractivity contribution is 0.100. The number of carbonyl (C=O) groups excluding carboxylic acids is 1. The Bertz CT molecular complexity index is 592. The highest BCUT2D eigenvalue weighted by Gasteiger charge is 2.07. The molecule has 0 saturated heterocycles. The van der Waals surface area contributed by atoms with Crippen LogP contribution in [0, 0.1) is 6.92 Å². The minimum atomic E-state index is -0.454. The second-order valence-corrected chi connectivity index (χ2v) is 4.26. The number of amides is 1. The van der Waals surface area contributed by atoms with Crippen molar-refractivity contribution in [3.63, 3.8) is 0 Å². The number of hydrogen-bond acceptors (Lipinski definition) is 3. The second-order valence-electron chi connectivity index (χ2n) is 4.26. The minimum Gasteiger partial charge on any atom is -0.457 e. The van der Waals surface area contributed by atoms with Crippen LogP contribution in [0.3, 0.4) is 0 Å². The Balaban J connectivity index is 2.28. The summed E-state index contributed by atoms with van der Waals surface area (Å²) in [5.74, 6) is 0.955. The maximum atomic E-state index is 11.0. The van der Waals surface area contributed by atoms with E-state index >= 15 is 0 Å². The average Bonchev–Trinajstić information content (AvgIpc) is 2.41. The molecule has 0 unspecified atom stereocenters. The molecule has 98 valence electrons. The Morgan fingerprint density at radius 2 is 1.84 bits per heavy atom. The third-order valence-corrected chi connectivity index (χ3v) is 2.87. The zero-order valence-corrected chi connectivity index (χ0v) is 10.7. The van der Waals surface area contributed by atoms with Gasteiger partial charge in [-0.2, -0.15) is 0 Å². The number of ether oxygens (including phenoxy) is 1. The molecule has 0 spiro atoms. The van der Waals surface area contributed by atoms with E-state index in [2.05, 4.69) is 0 Å². The molecule has 4 nitrogen and oxygen atoms in total. The van der Waals surface area contributed by atoms with E-state index in [1.165, 1.54) is 0 Å². The molecule has 0 heterocycles. The zero-order chi connectivity index (χ0) is 13.8. The molecule has 0 radical (unpaired) electrons. The molecule has 0 bridgehead atoms. The topological polar surface area (TPSA) is 78.3 Å². The van der Waals surface area contributed by atoms with E-state index in [1.54, 1.807) is 24.3 Å². The molecule has 19 heavy (non-hydrogen) atoms. The molecular formula is C15H16N2O2. The van der Waals surface area contributed by atoms with E-state index < -0.39 is 5.91 Å². The van der Waals surface area contributed by atoms with Crippen LogP contribution in [-0.2, 0) is 6.54 Å². The first kappa shape index (κ1) is 13.1. The molecule has 1 amide bonds. The molecule has 0 fully saturated rings. The Hall–Kier alpha value is -2.33. The van der Waals surface area contributed by atoms with Gasteiger partial charge in [-0.25, -0.2) is 0 Å². The molecule has 0 saturated carbocycles. The van der Waals surface area contributed by atoms with Crippen LogP contribution in [0.15, 0.2) is 42.5 Å². The number of hydrogen-bond donors (Lipinski definition) is 2. The number of carbonyl (C=O) groups is 1. The van der Waals surface area contributed by atoms with Crippen molar-refractivity contribution < 1.29 is 9.53 Å². The van der Waals surface area contributed by atoms with Crippen molar-refractivity contribution in [1.29, 1.82) is 0 Å². The van der Waals surface area contributed by atoms with Crippen molar-refractivity contribution in [2.75, 3.05) is 0 Å². The van der Waals surface area contributed by atoms with Gasteiger partial charge in [0.1, 0.15) is 11.5 Å². The van der Waals surface area contributed by atoms with Crippen LogP contribution >= 0.6 is 0 Å². The van der Waals surface area contributed by atoms with E-state index in [4.69, 9.17) is 16.2 Å². The monoisotopic (exact) mass is 256 g/mol. The second kappa shape index (κ2) is 5.54. The maximum absolute atomic E-state index is 11.0. The van der Waals surface area contributed by atoms with Gasteiger partial charge in [0, 0.05) is 17.7 Å². The first-order chi connectivity index (χ1) is 9.11. The summed E-state index contributed by atoms with van der Waals surface area (Å²) in [6.07, 6.45) is 0. The maximum Gasteiger partial charge on any atom is 0.248 e. The van der Waals surface area contributed by atoms with Crippen molar-refractivity contribution in [2.45, 2.75) is 13.5 Å². The summed E-state index contributed by atoms with van der Waals surface area (Å²) in [5, 5.41) is 0. The van der Waals surface area contributed by atoms with Crippen LogP contribution < -0.4 is 16.2 Å². The SMILES string of the molecule is Cc1cccc(CN)c1Oc1ccc(C(N)=O)cc1. The largest absolute Gasteiger partial charge is 0.457 e. The van der Waals surface area contributed by atoms with Gasteiger partial charge in [0.25, 0.3) is 0 Å². The highest BCUT2D eigenvalue weighted by Crippen LogP contribution is 2.28. The number of benzene rings is 2. The van der Waals surface area contributed by atoms with Crippen molar-refractivity contribution in [3.05, 3.63) is 59.2 Å². The fourth-order valence-electron chi connectivity index (χ4n) is 1.83. The quantitative estimate of drug-likeness (QED) is 0.881. The molecule has 0 aliphatic carbocycles. The van der Waals surface area contributed by atoms with Crippen molar-refractivity contribution in [1.82, 2.24) is 0 Å². The summed E-state index contributed by atoms with van der Waals surface area (Å²) in [7, 11) is 0. The van der Waals surface area contributed by atoms with E-state index in [1.807, 2.05) is 25.1 Å². The summed E-state index contributed by atoms with van der Waals surface area (Å²) in [6, 6.07) is 12.5. The first-order valence-electron chi connectivity index (χ1n) is 5.98. The van der Waals surface area contributed by atoms with Gasteiger partial charge >= 0.3 is 0 Å². The Labute approximate surface area is 112 Å². The van der Waals surface area contributed by atoms with Gasteiger partial charge < -0.3 is 16.2 Å². The van der Waals surface area contributed by atoms with Crippen molar-refractivity contribution >= 4 is 5.91 Å². The molecule has 0 atom stereocenters. The predicted molar refractivity (Wildman–Crippen MR) is 74.1 cm³/mol. The van der Waals surface area contributed by atoms with Gasteiger partial charge in [-0.1, -0.05) is 18.2 Å². The predicted octanol–water partition coefficient (Wildman–Crippen LogP) is 2.34. The first-order valence-corrected chi connectivity index (χ1v) is 5.98. The fourth-order valence-corrected chi connectivity index (χ4v) is 1.83. The average molecular weight is 256 g/mol. The Morgan fingerprint density at radius 3 is 2.42 bits per heavy atom. The van der Waals surface area contributed by atoms with Crippen LogP contribution in [0.4, 0.5) is 0 Å². The number of para-hydroxylation sites is 1. The number of nitrogens with two attached hydrogens (primary N) is 2. The van der Waals surface area contributed by atoms with Crippen LogP contribution in [0.25, 0.3) is 0 Å². The standard InChI is InChI=1S/C15H16N2O2/c1-10-3-2-4-12(9-16)14(10)19-13-7-5-11(6-8-13)15(17)18/h2-8H,9,16H2,1H3,(H2,17,18). The van der Waals surface area contributed by atoms with Gasteiger partial charge in [0.05, 0.1) is 0 Å². The highest BCUT2D eigenvalue weighted by atomic mass is 16.5. The van der Waals surface area contributed by atoms with Crippen molar-refractivity contribution in [2.24, 2.45) is 11.5 Å². The van der Waals surface area contributed by atoms with E-state index in [0.717, 1.165) is 16.9 Å². The fraction of sp³-hybridized carbons (Fsp3) is 0.133. The molecule has 4 N–H and O–H groups in total. The molecular weight excluding hydrogens is 240 g/mol. The third kappa shape index (κ3) is 2.92. The number of aryl methyl sites for hydroxylation is 1. The van der Waals surface area contributed by atoms with Crippen molar-refractivity contribution in [3.8, 4) is 11.5 Å².